The van der Waals surface area contributed by atoms with Crippen molar-refractivity contribution in [3.8, 4) is 0 Å². The normalized spacial score (nSPS) is 22.4. The molecule has 2 aromatic heterocycles. The Balaban J connectivity index is 0.00000130. The molecular formula is C28H24Cl2HfO2. The molecule has 166 valence electrons. The minimum absolute atomic E-state index is 0. The monoisotopic (exact) mass is 642 g/mol. The van der Waals surface area contributed by atoms with E-state index in [1.165, 1.54) is 33.4 Å². The number of halogens is 2. The van der Waals surface area contributed by atoms with E-state index in [4.69, 9.17) is 8.83 Å². The van der Waals surface area contributed by atoms with Gasteiger partial charge in [-0.05, 0) is 0 Å². The van der Waals surface area contributed by atoms with Gasteiger partial charge < -0.3 is 0 Å². The fourth-order valence-electron chi connectivity index (χ4n) is 5.31. The zero-order valence-corrected chi connectivity index (χ0v) is 23.6. The van der Waals surface area contributed by atoms with E-state index in [0.717, 1.165) is 11.5 Å². The zero-order chi connectivity index (χ0) is 21.1. The summed E-state index contributed by atoms with van der Waals surface area (Å²) in [4.78, 5) is 0. The van der Waals surface area contributed by atoms with Crippen molar-refractivity contribution in [1.82, 2.24) is 0 Å². The minimum Gasteiger partial charge on any atom is -0.147 e. The van der Waals surface area contributed by atoms with Crippen LogP contribution in [0.25, 0.3) is 23.3 Å². The molecule has 2 atom stereocenters. The summed E-state index contributed by atoms with van der Waals surface area (Å²) in [5.74, 6) is 1.98. The average molecular weight is 642 g/mol. The van der Waals surface area contributed by atoms with Crippen LogP contribution in [0, 0.1) is 0 Å². The van der Waals surface area contributed by atoms with E-state index in [1.807, 2.05) is 12.1 Å². The Morgan fingerprint density at radius 3 is 1.39 bits per heavy atom. The number of furan rings is 2. The maximum Gasteiger partial charge on any atom is -0.147 e. The van der Waals surface area contributed by atoms with Crippen LogP contribution in [0.3, 0.4) is 0 Å². The molecule has 2 nitrogen and oxygen atoms in total. The third kappa shape index (κ3) is 3.65. The van der Waals surface area contributed by atoms with Crippen LogP contribution in [0.1, 0.15) is 47.6 Å². The summed E-state index contributed by atoms with van der Waals surface area (Å²) in [6, 6.07) is 25.9. The number of allylic oxidation sites excluding steroid dienone is 2. The molecule has 0 radical (unpaired) electrons. The summed E-state index contributed by atoms with van der Waals surface area (Å²) in [5.41, 5.74) is 8.17. The molecule has 5 heteroatoms. The summed E-state index contributed by atoms with van der Waals surface area (Å²) in [5, 5.41) is 0. The van der Waals surface area contributed by atoms with E-state index in [9.17, 15) is 0 Å². The summed E-state index contributed by atoms with van der Waals surface area (Å²) < 4.78 is 11.9. The van der Waals surface area contributed by atoms with Crippen LogP contribution in [-0.2, 0) is 29.2 Å². The molecule has 0 fully saturated rings. The van der Waals surface area contributed by atoms with Gasteiger partial charge in [0.25, 0.3) is 0 Å². The first-order valence-electron chi connectivity index (χ1n) is 10.6. The van der Waals surface area contributed by atoms with Crippen molar-refractivity contribution in [2.45, 2.75) is 20.2 Å². The molecule has 0 bridgehead atoms. The number of hydrogen-bond donors (Lipinski definition) is 0. The second kappa shape index (κ2) is 8.94. The van der Waals surface area contributed by atoms with Gasteiger partial charge in [-0.2, -0.15) is 0 Å². The first-order chi connectivity index (χ1) is 15.1. The van der Waals surface area contributed by atoms with E-state index >= 15 is 0 Å². The van der Waals surface area contributed by atoms with Crippen LogP contribution in [0.5, 0.6) is 0 Å². The molecule has 0 saturated heterocycles. The van der Waals surface area contributed by atoms with Crippen molar-refractivity contribution in [3.63, 3.8) is 0 Å². The van der Waals surface area contributed by atoms with Gasteiger partial charge in [-0.3, -0.25) is 0 Å². The quantitative estimate of drug-likeness (QED) is 0.211. The Labute approximate surface area is 218 Å². The Hall–Kier alpha value is -2.07. The largest absolute Gasteiger partial charge is 0.147 e. The molecule has 33 heavy (non-hydrogen) atoms. The van der Waals surface area contributed by atoms with E-state index in [1.54, 1.807) is 12.5 Å². The fraction of sp³-hybridized carbons (Fsp3) is 0.143. The first-order valence-corrected chi connectivity index (χ1v) is 14.2. The van der Waals surface area contributed by atoms with Gasteiger partial charge in [-0.1, -0.05) is 0 Å². The van der Waals surface area contributed by atoms with E-state index < -0.39 is 22.9 Å². The SMILES string of the molecule is C[C]1([Hf][C]2(C)C(c3ccco3)=Cc3ccccc32)C(c2ccco2)=Cc2ccccc21.Cl.Cl. The standard InChI is InChI=1S/2C14H11O.2ClH.Hf/c2*1-10-12-6-3-2-5-11(12)9-13(10)14-7-4-8-15-14;;;/h2*2-9H,1H3;2*1H;. The Kier molecular flexibility index (Phi) is 6.52. The molecule has 6 rings (SSSR count). The number of benzene rings is 2. The molecule has 2 aliphatic rings. The smallest absolute Gasteiger partial charge is 0.147 e. The molecule has 2 unspecified atom stereocenters. The molecule has 0 amide bonds. The van der Waals surface area contributed by atoms with Crippen molar-refractivity contribution < 1.29 is 31.7 Å². The van der Waals surface area contributed by atoms with Crippen LogP contribution in [-0.4, -0.2) is 0 Å². The summed E-state index contributed by atoms with van der Waals surface area (Å²) in [7, 11) is 0. The number of fused-ring (bicyclic) bond motifs is 2. The molecule has 0 spiro atoms. The van der Waals surface area contributed by atoms with Crippen LogP contribution >= 0.6 is 24.8 Å². The molecular weight excluding hydrogens is 618 g/mol. The molecule has 0 N–H and O–H groups in total. The van der Waals surface area contributed by atoms with Crippen molar-refractivity contribution >= 4 is 48.1 Å². The van der Waals surface area contributed by atoms with Gasteiger partial charge in [0.2, 0.25) is 0 Å². The number of hydrogen-bond acceptors (Lipinski definition) is 2. The van der Waals surface area contributed by atoms with Gasteiger partial charge in [-0.25, -0.2) is 0 Å². The predicted molar refractivity (Wildman–Crippen MR) is 135 cm³/mol. The molecule has 2 aromatic carbocycles. The maximum absolute atomic E-state index is 5.94. The molecule has 0 saturated carbocycles. The summed E-state index contributed by atoms with van der Waals surface area (Å²) in [6.07, 6.45) is 8.27. The topological polar surface area (TPSA) is 26.3 Å². The summed E-state index contributed by atoms with van der Waals surface area (Å²) in [6.45, 7) is 4.89. The first kappa shape index (κ1) is 24.1. The molecule has 2 aliphatic carbocycles. The molecule has 4 aromatic rings. The van der Waals surface area contributed by atoms with Gasteiger partial charge in [0, 0.05) is 0 Å². The van der Waals surface area contributed by atoms with Crippen molar-refractivity contribution in [3.05, 3.63) is 119 Å². The van der Waals surface area contributed by atoms with Crippen LogP contribution < -0.4 is 0 Å². The molecule has 0 aliphatic heterocycles. The summed E-state index contributed by atoms with van der Waals surface area (Å²) >= 11 is -1.54. The van der Waals surface area contributed by atoms with Crippen LogP contribution in [0.4, 0.5) is 0 Å². The Morgan fingerprint density at radius 2 is 1.00 bits per heavy atom. The fourth-order valence-corrected chi connectivity index (χ4v) is 13.9. The zero-order valence-electron chi connectivity index (χ0n) is 18.4. The van der Waals surface area contributed by atoms with Gasteiger partial charge in [-0.15, -0.1) is 24.8 Å². The van der Waals surface area contributed by atoms with E-state index in [0.29, 0.717) is 0 Å². The Bertz CT molecular complexity index is 1230. The average Bonchev–Trinajstić information content (AvgIpc) is 3.56. The van der Waals surface area contributed by atoms with Crippen molar-refractivity contribution in [1.29, 1.82) is 0 Å². The van der Waals surface area contributed by atoms with Gasteiger partial charge in [0.1, 0.15) is 0 Å². The molecule has 2 heterocycles. The second-order valence-electron chi connectivity index (χ2n) is 8.62. The van der Waals surface area contributed by atoms with Crippen molar-refractivity contribution in [2.75, 3.05) is 0 Å². The van der Waals surface area contributed by atoms with Gasteiger partial charge in [0.05, 0.1) is 0 Å². The third-order valence-electron chi connectivity index (χ3n) is 6.75. The van der Waals surface area contributed by atoms with Gasteiger partial charge >= 0.3 is 194 Å². The van der Waals surface area contributed by atoms with E-state index in [-0.39, 0.29) is 31.2 Å². The van der Waals surface area contributed by atoms with E-state index in [2.05, 4.69) is 86.7 Å². The maximum atomic E-state index is 5.94. The van der Waals surface area contributed by atoms with Crippen LogP contribution in [0.2, 0.25) is 0 Å². The van der Waals surface area contributed by atoms with Gasteiger partial charge in [0.15, 0.2) is 0 Å². The third-order valence-corrected chi connectivity index (χ3v) is 14.2. The predicted octanol–water partition coefficient (Wildman–Crippen LogP) is 8.04. The van der Waals surface area contributed by atoms with Crippen LogP contribution in [0.15, 0.2) is 94.2 Å². The van der Waals surface area contributed by atoms with Crippen molar-refractivity contribution in [2.24, 2.45) is 0 Å². The Morgan fingerprint density at radius 1 is 0.576 bits per heavy atom. The number of rotatable bonds is 4. The minimum atomic E-state index is -1.54. The second-order valence-corrected chi connectivity index (χ2v) is 16.7.